The van der Waals surface area contributed by atoms with Crippen LogP contribution < -0.4 is 5.32 Å². The molecule has 1 heterocycles. The Kier molecular flexibility index (Phi) is 4.94. The maximum absolute atomic E-state index is 13.2. The van der Waals surface area contributed by atoms with Crippen LogP contribution in [0, 0.1) is 6.92 Å². The minimum Gasteiger partial charge on any atom is -0.352 e. The van der Waals surface area contributed by atoms with Crippen molar-refractivity contribution in [3.05, 3.63) is 95.6 Å². The quantitative estimate of drug-likeness (QED) is 0.758. The van der Waals surface area contributed by atoms with Crippen LogP contribution >= 0.6 is 0 Å². The molecule has 0 bridgehead atoms. The second-order valence-corrected chi connectivity index (χ2v) is 7.05. The highest BCUT2D eigenvalue weighted by Crippen LogP contribution is 2.27. The maximum atomic E-state index is 13.2. The van der Waals surface area contributed by atoms with Gasteiger partial charge in [0.2, 0.25) is 5.91 Å². The van der Waals surface area contributed by atoms with Crippen LogP contribution in [0.5, 0.6) is 0 Å². The molecular weight excluding hydrogens is 348 g/mol. The monoisotopic (exact) mass is 370 g/mol. The van der Waals surface area contributed by atoms with Crippen molar-refractivity contribution in [3.8, 4) is 11.1 Å². The van der Waals surface area contributed by atoms with Crippen molar-refractivity contribution >= 4 is 11.8 Å². The van der Waals surface area contributed by atoms with E-state index in [-0.39, 0.29) is 11.8 Å². The van der Waals surface area contributed by atoms with Gasteiger partial charge in [0.05, 0.1) is 0 Å². The summed E-state index contributed by atoms with van der Waals surface area (Å²) in [5, 5.41) is 2.88. The fraction of sp³-hybridized carbons (Fsp3) is 0.167. The van der Waals surface area contributed by atoms with E-state index in [1.807, 2.05) is 85.8 Å². The zero-order valence-electron chi connectivity index (χ0n) is 15.8. The Labute approximate surface area is 164 Å². The van der Waals surface area contributed by atoms with Crippen molar-refractivity contribution in [1.29, 1.82) is 0 Å². The van der Waals surface area contributed by atoms with Crippen LogP contribution in [0.25, 0.3) is 11.1 Å². The van der Waals surface area contributed by atoms with Crippen LogP contribution in [0.15, 0.2) is 78.9 Å². The molecule has 4 rings (SSSR count). The summed E-state index contributed by atoms with van der Waals surface area (Å²) < 4.78 is 0. The Morgan fingerprint density at radius 1 is 0.929 bits per heavy atom. The van der Waals surface area contributed by atoms with E-state index in [0.717, 1.165) is 22.3 Å². The smallest absolute Gasteiger partial charge is 0.254 e. The molecule has 1 aliphatic heterocycles. The van der Waals surface area contributed by atoms with Crippen molar-refractivity contribution < 1.29 is 9.59 Å². The van der Waals surface area contributed by atoms with Gasteiger partial charge in [0.25, 0.3) is 5.91 Å². The number of hydrogen-bond acceptors (Lipinski definition) is 2. The Morgan fingerprint density at radius 2 is 1.64 bits per heavy atom. The lowest BCUT2D eigenvalue weighted by atomic mass is 9.98. The third-order valence-electron chi connectivity index (χ3n) is 5.07. The highest BCUT2D eigenvalue weighted by Gasteiger charge is 2.34. The molecule has 28 heavy (non-hydrogen) atoms. The number of benzene rings is 3. The van der Waals surface area contributed by atoms with Crippen LogP contribution in [0.4, 0.5) is 0 Å². The number of carbonyl (C=O) groups is 2. The van der Waals surface area contributed by atoms with E-state index in [1.165, 1.54) is 0 Å². The van der Waals surface area contributed by atoms with E-state index in [0.29, 0.717) is 18.7 Å². The lowest BCUT2D eigenvalue weighted by molar-refractivity contribution is -0.128. The molecule has 0 aliphatic carbocycles. The molecule has 1 fully saturated rings. The van der Waals surface area contributed by atoms with Gasteiger partial charge in [-0.25, -0.2) is 0 Å². The molecule has 140 valence electrons. The van der Waals surface area contributed by atoms with E-state index in [9.17, 15) is 9.59 Å². The SMILES string of the molecule is Cc1cccc(C2C(=O)NCCN2C(=O)c2ccc(-c3ccccc3)cc2)c1. The van der Waals surface area contributed by atoms with Crippen molar-refractivity contribution in [2.45, 2.75) is 13.0 Å². The standard InChI is InChI=1S/C24H22N2O2/c1-17-6-5-9-21(16-17)22-23(27)25-14-15-26(22)24(28)20-12-10-19(11-13-20)18-7-3-2-4-8-18/h2-13,16,22H,14-15H2,1H3,(H,25,27). The lowest BCUT2D eigenvalue weighted by Crippen LogP contribution is -2.52. The normalized spacial score (nSPS) is 16.5. The predicted molar refractivity (Wildman–Crippen MR) is 110 cm³/mol. The third-order valence-corrected chi connectivity index (χ3v) is 5.07. The Balaban J connectivity index is 1.63. The molecule has 1 saturated heterocycles. The van der Waals surface area contributed by atoms with E-state index in [4.69, 9.17) is 0 Å². The number of aryl methyl sites for hydroxylation is 1. The summed E-state index contributed by atoms with van der Waals surface area (Å²) in [7, 11) is 0. The summed E-state index contributed by atoms with van der Waals surface area (Å²) in [6, 6.07) is 24.8. The Hall–Kier alpha value is -3.40. The number of nitrogens with zero attached hydrogens (tertiary/aromatic N) is 1. The van der Waals surface area contributed by atoms with Crippen molar-refractivity contribution in [1.82, 2.24) is 10.2 Å². The first-order valence-corrected chi connectivity index (χ1v) is 9.44. The van der Waals surface area contributed by atoms with Gasteiger partial charge in [0.15, 0.2) is 0 Å². The van der Waals surface area contributed by atoms with Crippen LogP contribution in [0.1, 0.15) is 27.5 Å². The number of hydrogen-bond donors (Lipinski definition) is 1. The lowest BCUT2D eigenvalue weighted by Gasteiger charge is -2.35. The minimum absolute atomic E-state index is 0.124. The molecule has 3 aromatic carbocycles. The predicted octanol–water partition coefficient (Wildman–Crippen LogP) is 3.98. The highest BCUT2D eigenvalue weighted by molar-refractivity contribution is 5.99. The largest absolute Gasteiger partial charge is 0.352 e. The Bertz CT molecular complexity index is 997. The highest BCUT2D eigenvalue weighted by atomic mass is 16.2. The molecular formula is C24H22N2O2. The molecule has 0 aromatic heterocycles. The zero-order valence-corrected chi connectivity index (χ0v) is 15.8. The van der Waals surface area contributed by atoms with Crippen molar-refractivity contribution in [3.63, 3.8) is 0 Å². The second-order valence-electron chi connectivity index (χ2n) is 7.05. The molecule has 4 heteroatoms. The van der Waals surface area contributed by atoms with Gasteiger partial charge in [0, 0.05) is 18.7 Å². The van der Waals surface area contributed by atoms with Crippen molar-refractivity contribution in [2.24, 2.45) is 0 Å². The fourth-order valence-corrected chi connectivity index (χ4v) is 3.66. The molecule has 1 N–H and O–H groups in total. The molecule has 1 atom stereocenters. The molecule has 2 amide bonds. The number of nitrogens with one attached hydrogen (secondary N) is 1. The molecule has 1 unspecified atom stereocenters. The summed E-state index contributed by atoms with van der Waals surface area (Å²) in [5.74, 6) is -0.257. The van der Waals surface area contributed by atoms with Gasteiger partial charge in [-0.2, -0.15) is 0 Å². The number of rotatable bonds is 3. The molecule has 4 nitrogen and oxygen atoms in total. The maximum Gasteiger partial charge on any atom is 0.254 e. The number of amides is 2. The van der Waals surface area contributed by atoms with Crippen LogP contribution in [0.2, 0.25) is 0 Å². The summed E-state index contributed by atoms with van der Waals surface area (Å²) in [6.07, 6.45) is 0. The topological polar surface area (TPSA) is 49.4 Å². The zero-order chi connectivity index (χ0) is 19.5. The molecule has 0 saturated carbocycles. The molecule has 0 radical (unpaired) electrons. The molecule has 0 spiro atoms. The summed E-state index contributed by atoms with van der Waals surface area (Å²) in [6.45, 7) is 2.94. The van der Waals surface area contributed by atoms with E-state index < -0.39 is 6.04 Å². The first kappa shape index (κ1) is 18.0. The average Bonchev–Trinajstić information content (AvgIpc) is 2.74. The van der Waals surface area contributed by atoms with Crippen LogP contribution in [0.3, 0.4) is 0 Å². The van der Waals surface area contributed by atoms with Gasteiger partial charge in [-0.15, -0.1) is 0 Å². The third kappa shape index (κ3) is 3.54. The van der Waals surface area contributed by atoms with Gasteiger partial charge in [-0.05, 0) is 35.7 Å². The van der Waals surface area contributed by atoms with Crippen LogP contribution in [-0.4, -0.2) is 29.8 Å². The Morgan fingerprint density at radius 3 is 2.36 bits per heavy atom. The first-order valence-electron chi connectivity index (χ1n) is 9.44. The average molecular weight is 370 g/mol. The van der Waals surface area contributed by atoms with Crippen molar-refractivity contribution in [2.75, 3.05) is 13.1 Å². The van der Waals surface area contributed by atoms with Gasteiger partial charge in [-0.1, -0.05) is 72.3 Å². The van der Waals surface area contributed by atoms with E-state index in [1.54, 1.807) is 4.90 Å². The fourth-order valence-electron chi connectivity index (χ4n) is 3.66. The number of piperazine rings is 1. The van der Waals surface area contributed by atoms with Gasteiger partial charge >= 0.3 is 0 Å². The van der Waals surface area contributed by atoms with E-state index in [2.05, 4.69) is 5.32 Å². The van der Waals surface area contributed by atoms with Gasteiger partial charge in [-0.3, -0.25) is 9.59 Å². The van der Waals surface area contributed by atoms with E-state index >= 15 is 0 Å². The van der Waals surface area contributed by atoms with Gasteiger partial charge < -0.3 is 10.2 Å². The van der Waals surface area contributed by atoms with Gasteiger partial charge in [0.1, 0.15) is 6.04 Å². The molecule has 1 aliphatic rings. The molecule has 3 aromatic rings. The summed E-state index contributed by atoms with van der Waals surface area (Å²) >= 11 is 0. The minimum atomic E-state index is -0.602. The summed E-state index contributed by atoms with van der Waals surface area (Å²) in [5.41, 5.74) is 4.66. The second kappa shape index (κ2) is 7.69. The van der Waals surface area contributed by atoms with Crippen LogP contribution in [-0.2, 0) is 4.79 Å². The number of carbonyl (C=O) groups excluding carboxylic acids is 2. The summed E-state index contributed by atoms with van der Waals surface area (Å²) in [4.78, 5) is 27.5. The first-order chi connectivity index (χ1) is 13.6.